The maximum Gasteiger partial charge on any atom is 0.312 e. The van der Waals surface area contributed by atoms with Gasteiger partial charge < -0.3 is 15.3 Å². The minimum Gasteiger partial charge on any atom is -0.396 e. The van der Waals surface area contributed by atoms with Crippen molar-refractivity contribution in [3.8, 4) is 0 Å². The maximum absolute atomic E-state index is 12.1. The third-order valence-corrected chi connectivity index (χ3v) is 3.20. The predicted molar refractivity (Wildman–Crippen MR) is 81.5 cm³/mol. The number of likely N-dealkylation sites (N-methyl/N-ethyl adjacent to an activating group) is 1. The molecule has 0 bridgehead atoms. The average molecular weight is 292 g/mol. The molecule has 0 atom stereocenters. The van der Waals surface area contributed by atoms with Crippen molar-refractivity contribution < 1.29 is 14.7 Å². The molecule has 1 aromatic rings. The molecule has 2 amide bonds. The van der Waals surface area contributed by atoms with Crippen molar-refractivity contribution in [3.63, 3.8) is 0 Å². The molecular weight excluding hydrogens is 268 g/mol. The lowest BCUT2D eigenvalue weighted by Gasteiger charge is -2.20. The molecule has 0 unspecified atom stereocenters. The molecule has 0 fully saturated rings. The number of carbonyl (C=O) groups is 2. The lowest BCUT2D eigenvalue weighted by atomic mass is 10.2. The fraction of sp³-hybridized carbons (Fsp3) is 0.500. The van der Waals surface area contributed by atoms with Crippen LogP contribution in [0.1, 0.15) is 31.7 Å². The van der Waals surface area contributed by atoms with Gasteiger partial charge in [-0.25, -0.2) is 0 Å². The zero-order valence-corrected chi connectivity index (χ0v) is 12.5. The number of amides is 2. The van der Waals surface area contributed by atoms with Crippen LogP contribution in [0.4, 0.5) is 0 Å². The first-order valence-electron chi connectivity index (χ1n) is 7.41. The number of nitrogens with zero attached hydrogens (tertiary/aromatic N) is 1. The van der Waals surface area contributed by atoms with Crippen molar-refractivity contribution in [1.29, 1.82) is 0 Å². The second-order valence-electron chi connectivity index (χ2n) is 4.85. The zero-order chi connectivity index (χ0) is 15.5. The van der Waals surface area contributed by atoms with Crippen molar-refractivity contribution in [3.05, 3.63) is 35.9 Å². The molecule has 0 spiro atoms. The molecule has 0 aliphatic heterocycles. The van der Waals surface area contributed by atoms with Gasteiger partial charge in [0.1, 0.15) is 0 Å². The third-order valence-electron chi connectivity index (χ3n) is 3.20. The van der Waals surface area contributed by atoms with Crippen LogP contribution in [-0.2, 0) is 16.1 Å². The van der Waals surface area contributed by atoms with Crippen molar-refractivity contribution in [2.45, 2.75) is 32.7 Å². The normalized spacial score (nSPS) is 10.2. The quantitative estimate of drug-likeness (QED) is 0.561. The number of aliphatic hydroxyl groups excluding tert-OH is 1. The van der Waals surface area contributed by atoms with Crippen LogP contribution in [0.25, 0.3) is 0 Å². The summed E-state index contributed by atoms with van der Waals surface area (Å²) in [5.74, 6) is -1.06. The van der Waals surface area contributed by atoms with E-state index in [1.165, 1.54) is 4.90 Å². The number of nitrogens with one attached hydrogen (secondary N) is 1. The third kappa shape index (κ3) is 6.40. The molecule has 21 heavy (non-hydrogen) atoms. The van der Waals surface area contributed by atoms with Crippen molar-refractivity contribution in [2.75, 3.05) is 19.7 Å². The van der Waals surface area contributed by atoms with Gasteiger partial charge in [-0.3, -0.25) is 9.59 Å². The first kappa shape index (κ1) is 17.2. The number of rotatable bonds is 8. The van der Waals surface area contributed by atoms with E-state index in [2.05, 4.69) is 5.32 Å². The smallest absolute Gasteiger partial charge is 0.312 e. The Morgan fingerprint density at radius 1 is 1.14 bits per heavy atom. The number of hydrogen-bond acceptors (Lipinski definition) is 3. The standard InChI is InChI=1S/C16H24N2O3/c1-2-18(13-14-9-5-3-6-10-14)16(21)15(20)17-11-7-4-8-12-19/h3,5-6,9-10,19H,2,4,7-8,11-13H2,1H3,(H,17,20). The Bertz CT molecular complexity index is 434. The van der Waals surface area contributed by atoms with Gasteiger partial charge in [0.05, 0.1) is 0 Å². The first-order chi connectivity index (χ1) is 10.2. The van der Waals surface area contributed by atoms with Gasteiger partial charge >= 0.3 is 11.8 Å². The van der Waals surface area contributed by atoms with Gasteiger partial charge in [0.2, 0.25) is 0 Å². The molecule has 0 aliphatic carbocycles. The second kappa shape index (κ2) is 9.94. The highest BCUT2D eigenvalue weighted by molar-refractivity contribution is 6.34. The molecule has 116 valence electrons. The summed E-state index contributed by atoms with van der Waals surface area (Å²) in [6, 6.07) is 9.61. The monoisotopic (exact) mass is 292 g/mol. The minimum absolute atomic E-state index is 0.160. The van der Waals surface area contributed by atoms with Crippen LogP contribution in [0.5, 0.6) is 0 Å². The van der Waals surface area contributed by atoms with E-state index in [-0.39, 0.29) is 6.61 Å². The van der Waals surface area contributed by atoms with Crippen LogP contribution in [-0.4, -0.2) is 41.5 Å². The summed E-state index contributed by atoms with van der Waals surface area (Å²) in [5, 5.41) is 11.3. The van der Waals surface area contributed by atoms with Crippen LogP contribution >= 0.6 is 0 Å². The summed E-state index contributed by atoms with van der Waals surface area (Å²) in [6.45, 7) is 3.41. The van der Waals surface area contributed by atoms with Gasteiger partial charge in [-0.15, -0.1) is 0 Å². The SMILES string of the molecule is CCN(Cc1ccccc1)C(=O)C(=O)NCCCCCO. The molecular formula is C16H24N2O3. The maximum atomic E-state index is 12.1. The molecule has 0 saturated heterocycles. The van der Waals surface area contributed by atoms with Crippen LogP contribution in [0, 0.1) is 0 Å². The van der Waals surface area contributed by atoms with E-state index in [4.69, 9.17) is 5.11 Å². The van der Waals surface area contributed by atoms with E-state index in [1.54, 1.807) is 0 Å². The van der Waals surface area contributed by atoms with Gasteiger partial charge in [-0.05, 0) is 31.7 Å². The lowest BCUT2D eigenvalue weighted by molar-refractivity contribution is -0.146. The van der Waals surface area contributed by atoms with Crippen LogP contribution in [0.2, 0.25) is 0 Å². The van der Waals surface area contributed by atoms with Crippen LogP contribution in [0.3, 0.4) is 0 Å². The summed E-state index contributed by atoms with van der Waals surface area (Å²) in [6.07, 6.45) is 2.33. The van der Waals surface area contributed by atoms with Crippen molar-refractivity contribution >= 4 is 11.8 Å². The van der Waals surface area contributed by atoms with Gasteiger partial charge in [0.25, 0.3) is 0 Å². The number of carbonyl (C=O) groups excluding carboxylic acids is 2. The summed E-state index contributed by atoms with van der Waals surface area (Å²) < 4.78 is 0. The zero-order valence-electron chi connectivity index (χ0n) is 12.5. The van der Waals surface area contributed by atoms with Crippen LogP contribution in [0.15, 0.2) is 30.3 Å². The summed E-state index contributed by atoms with van der Waals surface area (Å²) in [5.41, 5.74) is 1.00. The molecule has 5 nitrogen and oxygen atoms in total. The van der Waals surface area contributed by atoms with E-state index in [0.717, 1.165) is 24.8 Å². The Balaban J connectivity index is 2.41. The summed E-state index contributed by atoms with van der Waals surface area (Å²) in [7, 11) is 0. The van der Waals surface area contributed by atoms with E-state index < -0.39 is 11.8 Å². The highest BCUT2D eigenvalue weighted by Gasteiger charge is 2.20. The van der Waals surface area contributed by atoms with E-state index >= 15 is 0 Å². The van der Waals surface area contributed by atoms with Gasteiger partial charge in [-0.1, -0.05) is 30.3 Å². The summed E-state index contributed by atoms with van der Waals surface area (Å²) >= 11 is 0. The topological polar surface area (TPSA) is 69.6 Å². The van der Waals surface area contributed by atoms with E-state index in [0.29, 0.717) is 19.6 Å². The average Bonchev–Trinajstić information content (AvgIpc) is 2.52. The van der Waals surface area contributed by atoms with E-state index in [1.807, 2.05) is 37.3 Å². The Kier molecular flexibility index (Phi) is 8.12. The predicted octanol–water partition coefficient (Wildman–Crippen LogP) is 1.31. The van der Waals surface area contributed by atoms with Crippen molar-refractivity contribution in [1.82, 2.24) is 10.2 Å². The molecule has 1 rings (SSSR count). The minimum atomic E-state index is -0.559. The van der Waals surface area contributed by atoms with E-state index in [9.17, 15) is 9.59 Å². The van der Waals surface area contributed by atoms with Gasteiger partial charge in [-0.2, -0.15) is 0 Å². The lowest BCUT2D eigenvalue weighted by Crippen LogP contribution is -2.42. The molecule has 0 aliphatic rings. The fourth-order valence-electron chi connectivity index (χ4n) is 1.97. The number of aliphatic hydroxyl groups is 1. The molecule has 0 saturated carbocycles. The second-order valence-corrected chi connectivity index (χ2v) is 4.85. The fourth-order valence-corrected chi connectivity index (χ4v) is 1.97. The molecule has 0 aromatic heterocycles. The Morgan fingerprint density at radius 3 is 2.48 bits per heavy atom. The Labute approximate surface area is 126 Å². The highest BCUT2D eigenvalue weighted by Crippen LogP contribution is 2.04. The van der Waals surface area contributed by atoms with Gasteiger partial charge in [0.15, 0.2) is 0 Å². The Morgan fingerprint density at radius 2 is 1.86 bits per heavy atom. The number of benzene rings is 1. The first-order valence-corrected chi connectivity index (χ1v) is 7.41. The molecule has 1 aromatic carbocycles. The van der Waals surface area contributed by atoms with Crippen LogP contribution < -0.4 is 5.32 Å². The summed E-state index contributed by atoms with van der Waals surface area (Å²) in [4.78, 5) is 25.4. The number of unbranched alkanes of at least 4 members (excludes halogenated alkanes) is 2. The number of hydrogen-bond donors (Lipinski definition) is 2. The molecule has 0 heterocycles. The molecule has 5 heteroatoms. The Hall–Kier alpha value is -1.88. The van der Waals surface area contributed by atoms with Crippen molar-refractivity contribution in [2.24, 2.45) is 0 Å². The molecule has 0 radical (unpaired) electrons. The highest BCUT2D eigenvalue weighted by atomic mass is 16.3. The van der Waals surface area contributed by atoms with Gasteiger partial charge in [0, 0.05) is 26.2 Å². The molecule has 2 N–H and O–H groups in total. The largest absolute Gasteiger partial charge is 0.396 e.